The third kappa shape index (κ3) is 4.84. The van der Waals surface area contributed by atoms with Gasteiger partial charge in [0.05, 0.1) is 41.8 Å². The first kappa shape index (κ1) is 22.8. The number of ketones is 1. The van der Waals surface area contributed by atoms with Crippen LogP contribution in [0.4, 0.5) is 16.2 Å². The minimum Gasteiger partial charge on any atom is -0.383 e. The number of amides is 2. The molecule has 0 aliphatic carbocycles. The SMILES string of the molecule is COCCn1cnc2ccc(NC(=O)Nc3cccc(C(C)=O)c3)c(-c3ccccn3)c2c1=O. The number of carbonyl (C=O) groups is 2. The number of nitrogens with one attached hydrogen (secondary N) is 2. The zero-order chi connectivity index (χ0) is 24.1. The van der Waals surface area contributed by atoms with Gasteiger partial charge in [-0.1, -0.05) is 18.2 Å². The second kappa shape index (κ2) is 10.1. The van der Waals surface area contributed by atoms with Gasteiger partial charge >= 0.3 is 6.03 Å². The van der Waals surface area contributed by atoms with Gasteiger partial charge in [-0.3, -0.25) is 19.1 Å². The molecule has 0 atom stereocenters. The average Bonchev–Trinajstić information content (AvgIpc) is 2.84. The molecule has 9 heteroatoms. The maximum Gasteiger partial charge on any atom is 0.323 e. The molecule has 0 fully saturated rings. The Balaban J connectivity index is 1.77. The van der Waals surface area contributed by atoms with Gasteiger partial charge in [-0.2, -0.15) is 0 Å². The van der Waals surface area contributed by atoms with Crippen molar-refractivity contribution < 1.29 is 14.3 Å². The molecule has 2 N–H and O–H groups in total. The number of methoxy groups -OCH3 is 1. The van der Waals surface area contributed by atoms with Gasteiger partial charge in [0.15, 0.2) is 5.78 Å². The van der Waals surface area contributed by atoms with Gasteiger partial charge in [-0.25, -0.2) is 9.78 Å². The summed E-state index contributed by atoms with van der Waals surface area (Å²) in [6.07, 6.45) is 3.10. The van der Waals surface area contributed by atoms with Gasteiger partial charge in [0.1, 0.15) is 0 Å². The first-order valence-electron chi connectivity index (χ1n) is 10.6. The Kier molecular flexibility index (Phi) is 6.74. The normalized spacial score (nSPS) is 10.8. The van der Waals surface area contributed by atoms with Gasteiger partial charge in [-0.05, 0) is 43.3 Å². The van der Waals surface area contributed by atoms with Crippen LogP contribution in [0, 0.1) is 0 Å². The Morgan fingerprint density at radius 1 is 1.03 bits per heavy atom. The Morgan fingerprint density at radius 3 is 2.62 bits per heavy atom. The lowest BCUT2D eigenvalue weighted by molar-refractivity contribution is 0.101. The minimum atomic E-state index is -0.527. The molecular weight excluding hydrogens is 434 g/mol. The van der Waals surface area contributed by atoms with E-state index in [0.717, 1.165) is 0 Å². The number of nitrogens with zero attached hydrogens (tertiary/aromatic N) is 3. The molecule has 0 aliphatic heterocycles. The lowest BCUT2D eigenvalue weighted by atomic mass is 10.0. The van der Waals surface area contributed by atoms with Gasteiger partial charge < -0.3 is 15.4 Å². The highest BCUT2D eigenvalue weighted by molar-refractivity contribution is 6.07. The molecule has 0 saturated heterocycles. The van der Waals surface area contributed by atoms with Crippen molar-refractivity contribution in [3.63, 3.8) is 0 Å². The lowest BCUT2D eigenvalue weighted by Crippen LogP contribution is -2.24. The largest absolute Gasteiger partial charge is 0.383 e. The van der Waals surface area contributed by atoms with Gasteiger partial charge in [0, 0.05) is 30.1 Å². The molecule has 9 nitrogen and oxygen atoms in total. The summed E-state index contributed by atoms with van der Waals surface area (Å²) < 4.78 is 6.57. The van der Waals surface area contributed by atoms with Crippen molar-refractivity contribution >= 4 is 34.1 Å². The summed E-state index contributed by atoms with van der Waals surface area (Å²) in [5.41, 5.74) is 2.56. The number of anilines is 2. The topological polar surface area (TPSA) is 115 Å². The molecule has 0 radical (unpaired) electrons. The van der Waals surface area contributed by atoms with E-state index in [1.807, 2.05) is 0 Å². The van der Waals surface area contributed by atoms with E-state index in [-0.39, 0.29) is 11.3 Å². The molecule has 0 spiro atoms. The Hall–Kier alpha value is -4.37. The number of rotatable bonds is 7. The summed E-state index contributed by atoms with van der Waals surface area (Å²) in [5, 5.41) is 5.88. The van der Waals surface area contributed by atoms with E-state index in [1.165, 1.54) is 17.8 Å². The number of aromatic nitrogens is 3. The van der Waals surface area contributed by atoms with Crippen LogP contribution in [0.5, 0.6) is 0 Å². The average molecular weight is 457 g/mol. The lowest BCUT2D eigenvalue weighted by Gasteiger charge is -2.15. The van der Waals surface area contributed by atoms with Gasteiger partial charge in [-0.15, -0.1) is 0 Å². The second-order valence-electron chi connectivity index (χ2n) is 7.55. The van der Waals surface area contributed by atoms with Gasteiger partial charge in [0.25, 0.3) is 5.56 Å². The molecule has 0 unspecified atom stereocenters. The number of urea groups is 1. The molecule has 0 saturated carbocycles. The number of Topliss-reactive ketones (excluding diaryl/α,β-unsaturated/α-hetero) is 1. The fraction of sp³-hybridized carbons (Fsp3) is 0.160. The van der Waals surface area contributed by atoms with E-state index in [0.29, 0.717) is 52.3 Å². The van der Waals surface area contributed by atoms with E-state index in [9.17, 15) is 14.4 Å². The van der Waals surface area contributed by atoms with Crippen LogP contribution in [0.25, 0.3) is 22.2 Å². The van der Waals surface area contributed by atoms with E-state index in [4.69, 9.17) is 4.74 Å². The summed E-state index contributed by atoms with van der Waals surface area (Å²) in [5.74, 6) is -0.103. The van der Waals surface area contributed by atoms with Crippen molar-refractivity contribution in [1.29, 1.82) is 0 Å². The van der Waals surface area contributed by atoms with Crippen LogP contribution >= 0.6 is 0 Å². The van der Waals surface area contributed by atoms with E-state index < -0.39 is 6.03 Å². The van der Waals surface area contributed by atoms with Crippen molar-refractivity contribution in [2.75, 3.05) is 24.4 Å². The van der Waals surface area contributed by atoms with Crippen LogP contribution in [0.2, 0.25) is 0 Å². The second-order valence-corrected chi connectivity index (χ2v) is 7.55. The molecular formula is C25H23N5O4. The zero-order valence-corrected chi connectivity index (χ0v) is 18.7. The minimum absolute atomic E-state index is 0.103. The Labute approximate surface area is 195 Å². The molecule has 2 amide bonds. The molecule has 2 aromatic carbocycles. The molecule has 4 aromatic rings. The summed E-state index contributed by atoms with van der Waals surface area (Å²) in [6, 6.07) is 14.8. The highest BCUT2D eigenvalue weighted by Gasteiger charge is 2.18. The third-order valence-corrected chi connectivity index (χ3v) is 5.23. The van der Waals surface area contributed by atoms with Crippen molar-refractivity contribution in [3.05, 3.63) is 83.0 Å². The van der Waals surface area contributed by atoms with Gasteiger partial charge in [0.2, 0.25) is 0 Å². The molecule has 2 heterocycles. The van der Waals surface area contributed by atoms with Crippen molar-refractivity contribution in [2.24, 2.45) is 0 Å². The van der Waals surface area contributed by atoms with Crippen LogP contribution in [0.3, 0.4) is 0 Å². The molecule has 0 aliphatic rings. The number of ether oxygens (including phenoxy) is 1. The van der Waals surface area contributed by atoms with Crippen LogP contribution in [-0.2, 0) is 11.3 Å². The number of carbonyl (C=O) groups excluding carboxylic acids is 2. The standard InChI is InChI=1S/C25H23N5O4/c1-16(31)17-6-5-7-18(14-17)28-25(33)29-21-10-9-20-23(22(21)19-8-3-4-11-26-19)24(32)30(15-27-20)12-13-34-2/h3-11,14-15H,12-13H2,1-2H3,(H2,28,29,33). The fourth-order valence-corrected chi connectivity index (χ4v) is 3.57. The predicted molar refractivity (Wildman–Crippen MR) is 130 cm³/mol. The van der Waals surface area contributed by atoms with Crippen LogP contribution in [0.1, 0.15) is 17.3 Å². The first-order valence-corrected chi connectivity index (χ1v) is 10.6. The van der Waals surface area contributed by atoms with Crippen molar-refractivity contribution in [2.45, 2.75) is 13.5 Å². The van der Waals surface area contributed by atoms with E-state index in [1.54, 1.807) is 67.9 Å². The van der Waals surface area contributed by atoms with Crippen LogP contribution in [0.15, 0.2) is 71.9 Å². The maximum atomic E-state index is 13.3. The quantitative estimate of drug-likeness (QED) is 0.406. The maximum absolute atomic E-state index is 13.3. The monoisotopic (exact) mass is 457 g/mol. The van der Waals surface area contributed by atoms with Crippen molar-refractivity contribution in [1.82, 2.24) is 14.5 Å². The summed E-state index contributed by atoms with van der Waals surface area (Å²) in [7, 11) is 1.56. The zero-order valence-electron chi connectivity index (χ0n) is 18.7. The smallest absolute Gasteiger partial charge is 0.323 e. The Bertz CT molecular complexity index is 1420. The fourth-order valence-electron chi connectivity index (χ4n) is 3.57. The Morgan fingerprint density at radius 2 is 1.88 bits per heavy atom. The van der Waals surface area contributed by atoms with Crippen LogP contribution in [-0.4, -0.2) is 40.1 Å². The van der Waals surface area contributed by atoms with E-state index >= 15 is 0 Å². The predicted octanol–water partition coefficient (Wildman–Crippen LogP) is 3.95. The summed E-state index contributed by atoms with van der Waals surface area (Å²) >= 11 is 0. The molecule has 34 heavy (non-hydrogen) atoms. The molecule has 172 valence electrons. The number of hydrogen-bond donors (Lipinski definition) is 2. The molecule has 2 aromatic heterocycles. The first-order chi connectivity index (χ1) is 16.5. The number of fused-ring (bicyclic) bond motifs is 1. The van der Waals surface area contributed by atoms with Crippen molar-refractivity contribution in [3.8, 4) is 11.3 Å². The number of hydrogen-bond acceptors (Lipinski definition) is 6. The highest BCUT2D eigenvalue weighted by Crippen LogP contribution is 2.32. The summed E-state index contributed by atoms with van der Waals surface area (Å²) in [4.78, 5) is 46.6. The number of benzene rings is 2. The molecule has 4 rings (SSSR count). The molecule has 0 bridgehead atoms. The third-order valence-electron chi connectivity index (χ3n) is 5.23. The van der Waals surface area contributed by atoms with E-state index in [2.05, 4.69) is 20.6 Å². The van der Waals surface area contributed by atoms with Crippen LogP contribution < -0.4 is 16.2 Å². The number of pyridine rings is 1. The highest BCUT2D eigenvalue weighted by atomic mass is 16.5. The summed E-state index contributed by atoms with van der Waals surface area (Å²) in [6.45, 7) is 2.15.